The molecule has 27 heavy (non-hydrogen) atoms. The molecule has 138 valence electrons. The van der Waals surface area contributed by atoms with Crippen LogP contribution in [0.2, 0.25) is 0 Å². The highest BCUT2D eigenvalue weighted by Crippen LogP contribution is 2.30. The van der Waals surface area contributed by atoms with Gasteiger partial charge in [0.2, 0.25) is 0 Å². The van der Waals surface area contributed by atoms with Crippen molar-refractivity contribution in [1.29, 1.82) is 0 Å². The van der Waals surface area contributed by atoms with Gasteiger partial charge in [-0.2, -0.15) is 0 Å². The lowest BCUT2D eigenvalue weighted by Gasteiger charge is -2.23. The molecule has 1 aromatic heterocycles. The molecule has 0 radical (unpaired) electrons. The monoisotopic (exact) mass is 364 g/mol. The van der Waals surface area contributed by atoms with Gasteiger partial charge in [0.15, 0.2) is 0 Å². The molecular weight excluding hydrogens is 343 g/mol. The van der Waals surface area contributed by atoms with Crippen LogP contribution in [0.4, 0.5) is 21.6 Å². The Morgan fingerprint density at radius 3 is 2.22 bits per heavy atom. The zero-order valence-corrected chi connectivity index (χ0v) is 15.5. The molecular formula is C21H21FN4O. The standard InChI is InChI=1S/C21H21FN4O/c1-21(2,3)14-8-4-6-10-16(14)25-19-13-23-18(12-24-19)20(27)26-17-11-7-5-9-15(17)22/h4-13H,1-3H3,(H,24,25)(H,26,27). The summed E-state index contributed by atoms with van der Waals surface area (Å²) in [7, 11) is 0. The van der Waals surface area contributed by atoms with E-state index in [2.05, 4.69) is 47.4 Å². The highest BCUT2D eigenvalue weighted by molar-refractivity contribution is 6.02. The fourth-order valence-electron chi connectivity index (χ4n) is 2.64. The van der Waals surface area contributed by atoms with E-state index in [1.54, 1.807) is 12.1 Å². The molecule has 2 aromatic carbocycles. The van der Waals surface area contributed by atoms with E-state index in [4.69, 9.17) is 0 Å². The maximum atomic E-state index is 13.6. The predicted octanol–water partition coefficient (Wildman–Crippen LogP) is 4.91. The molecule has 1 amide bonds. The van der Waals surface area contributed by atoms with Crippen LogP contribution in [0.5, 0.6) is 0 Å². The number of nitrogens with zero attached hydrogens (tertiary/aromatic N) is 2. The largest absolute Gasteiger partial charge is 0.339 e. The topological polar surface area (TPSA) is 66.9 Å². The first-order valence-electron chi connectivity index (χ1n) is 8.59. The molecule has 6 heteroatoms. The Bertz CT molecular complexity index is 949. The number of benzene rings is 2. The first-order valence-corrected chi connectivity index (χ1v) is 8.59. The van der Waals surface area contributed by atoms with E-state index in [1.807, 2.05) is 18.2 Å². The Morgan fingerprint density at radius 2 is 1.59 bits per heavy atom. The number of anilines is 3. The third-order valence-electron chi connectivity index (χ3n) is 4.00. The second-order valence-corrected chi connectivity index (χ2v) is 7.14. The van der Waals surface area contributed by atoms with Crippen molar-refractivity contribution < 1.29 is 9.18 Å². The lowest BCUT2D eigenvalue weighted by molar-refractivity contribution is 0.102. The molecule has 0 aliphatic carbocycles. The van der Waals surface area contributed by atoms with Gasteiger partial charge in [-0.15, -0.1) is 0 Å². The van der Waals surface area contributed by atoms with E-state index in [0.29, 0.717) is 5.82 Å². The van der Waals surface area contributed by atoms with E-state index in [0.717, 1.165) is 11.3 Å². The summed E-state index contributed by atoms with van der Waals surface area (Å²) in [5, 5.41) is 5.73. The molecule has 0 fully saturated rings. The number of aromatic nitrogens is 2. The Morgan fingerprint density at radius 1 is 0.926 bits per heavy atom. The maximum absolute atomic E-state index is 13.6. The number of carbonyl (C=O) groups is 1. The smallest absolute Gasteiger partial charge is 0.275 e. The van der Waals surface area contributed by atoms with E-state index in [1.165, 1.54) is 24.5 Å². The normalized spacial score (nSPS) is 11.1. The van der Waals surface area contributed by atoms with Crippen LogP contribution in [-0.4, -0.2) is 15.9 Å². The quantitative estimate of drug-likeness (QED) is 0.690. The van der Waals surface area contributed by atoms with Crippen LogP contribution in [0.15, 0.2) is 60.9 Å². The molecule has 3 rings (SSSR count). The molecule has 0 aliphatic rings. The Balaban J connectivity index is 1.75. The van der Waals surface area contributed by atoms with Gasteiger partial charge in [-0.05, 0) is 29.2 Å². The maximum Gasteiger partial charge on any atom is 0.275 e. The van der Waals surface area contributed by atoms with Gasteiger partial charge in [0.05, 0.1) is 18.1 Å². The van der Waals surface area contributed by atoms with Crippen LogP contribution in [0, 0.1) is 5.82 Å². The first kappa shape index (κ1) is 18.5. The zero-order valence-electron chi connectivity index (χ0n) is 15.5. The van der Waals surface area contributed by atoms with Crippen molar-refractivity contribution in [3.8, 4) is 0 Å². The third-order valence-corrected chi connectivity index (χ3v) is 4.00. The highest BCUT2D eigenvalue weighted by Gasteiger charge is 2.18. The van der Waals surface area contributed by atoms with Crippen molar-refractivity contribution in [3.05, 3.63) is 78.0 Å². The van der Waals surface area contributed by atoms with Crippen molar-refractivity contribution in [2.45, 2.75) is 26.2 Å². The number of carbonyl (C=O) groups excluding carboxylic acids is 1. The van der Waals surface area contributed by atoms with E-state index in [9.17, 15) is 9.18 Å². The van der Waals surface area contributed by atoms with Crippen LogP contribution in [0.3, 0.4) is 0 Å². The molecule has 5 nitrogen and oxygen atoms in total. The molecule has 0 saturated carbocycles. The average Bonchev–Trinajstić information content (AvgIpc) is 2.64. The molecule has 0 saturated heterocycles. The molecule has 0 atom stereocenters. The number of nitrogens with one attached hydrogen (secondary N) is 2. The van der Waals surface area contributed by atoms with Crippen molar-refractivity contribution in [2.24, 2.45) is 0 Å². The van der Waals surface area contributed by atoms with Crippen molar-refractivity contribution >= 4 is 23.1 Å². The Hall–Kier alpha value is -3.28. The summed E-state index contributed by atoms with van der Waals surface area (Å²) in [6.07, 6.45) is 2.84. The molecule has 0 aliphatic heterocycles. The second-order valence-electron chi connectivity index (χ2n) is 7.14. The molecule has 1 heterocycles. The highest BCUT2D eigenvalue weighted by atomic mass is 19.1. The number of rotatable bonds is 4. The van der Waals surface area contributed by atoms with Gasteiger partial charge < -0.3 is 10.6 Å². The lowest BCUT2D eigenvalue weighted by Crippen LogP contribution is -2.16. The van der Waals surface area contributed by atoms with Crippen LogP contribution < -0.4 is 10.6 Å². The Labute approximate surface area is 157 Å². The van der Waals surface area contributed by atoms with E-state index >= 15 is 0 Å². The predicted molar refractivity (Wildman–Crippen MR) is 105 cm³/mol. The van der Waals surface area contributed by atoms with E-state index < -0.39 is 11.7 Å². The van der Waals surface area contributed by atoms with Gasteiger partial charge in [0.1, 0.15) is 17.3 Å². The number of hydrogen-bond donors (Lipinski definition) is 2. The average molecular weight is 364 g/mol. The number of hydrogen-bond acceptors (Lipinski definition) is 4. The summed E-state index contributed by atoms with van der Waals surface area (Å²) in [5.41, 5.74) is 2.26. The summed E-state index contributed by atoms with van der Waals surface area (Å²) in [4.78, 5) is 20.6. The SMILES string of the molecule is CC(C)(C)c1ccccc1Nc1cnc(C(=O)Nc2ccccc2F)cn1. The molecule has 2 N–H and O–H groups in total. The van der Waals surface area contributed by atoms with E-state index in [-0.39, 0.29) is 16.8 Å². The fraction of sp³-hybridized carbons (Fsp3) is 0.190. The molecule has 0 spiro atoms. The summed E-state index contributed by atoms with van der Waals surface area (Å²) >= 11 is 0. The van der Waals surface area contributed by atoms with Crippen molar-refractivity contribution in [3.63, 3.8) is 0 Å². The van der Waals surface area contributed by atoms with Gasteiger partial charge in [-0.1, -0.05) is 51.1 Å². The van der Waals surface area contributed by atoms with Gasteiger partial charge in [-0.25, -0.2) is 14.4 Å². The van der Waals surface area contributed by atoms with Crippen LogP contribution in [0.1, 0.15) is 36.8 Å². The Kier molecular flexibility index (Phi) is 5.16. The minimum Gasteiger partial charge on any atom is -0.339 e. The summed E-state index contributed by atoms with van der Waals surface area (Å²) < 4.78 is 13.6. The first-order chi connectivity index (χ1) is 12.8. The molecule has 0 unspecified atom stereocenters. The summed E-state index contributed by atoms with van der Waals surface area (Å²) in [6.45, 7) is 6.40. The van der Waals surface area contributed by atoms with Crippen LogP contribution in [-0.2, 0) is 5.41 Å². The number of para-hydroxylation sites is 2. The summed E-state index contributed by atoms with van der Waals surface area (Å²) in [6, 6.07) is 13.9. The molecule has 3 aromatic rings. The summed E-state index contributed by atoms with van der Waals surface area (Å²) in [5.74, 6) is -0.501. The van der Waals surface area contributed by atoms with Gasteiger partial charge in [-0.3, -0.25) is 4.79 Å². The van der Waals surface area contributed by atoms with Crippen molar-refractivity contribution in [2.75, 3.05) is 10.6 Å². The number of halogens is 1. The zero-order chi connectivity index (χ0) is 19.4. The van der Waals surface area contributed by atoms with Crippen LogP contribution >= 0.6 is 0 Å². The third kappa shape index (κ3) is 4.47. The second kappa shape index (κ2) is 7.53. The van der Waals surface area contributed by atoms with Gasteiger partial charge >= 0.3 is 0 Å². The molecule has 0 bridgehead atoms. The van der Waals surface area contributed by atoms with Crippen molar-refractivity contribution in [1.82, 2.24) is 9.97 Å². The van der Waals surface area contributed by atoms with Gasteiger partial charge in [0, 0.05) is 5.69 Å². The van der Waals surface area contributed by atoms with Crippen LogP contribution in [0.25, 0.3) is 0 Å². The number of amides is 1. The van der Waals surface area contributed by atoms with Gasteiger partial charge in [0.25, 0.3) is 5.91 Å². The fourth-order valence-corrected chi connectivity index (χ4v) is 2.64. The minimum absolute atomic E-state index is 0.0311. The lowest BCUT2D eigenvalue weighted by atomic mass is 9.86. The minimum atomic E-state index is -0.519.